The van der Waals surface area contributed by atoms with E-state index in [9.17, 15) is 5.11 Å². The summed E-state index contributed by atoms with van der Waals surface area (Å²) in [6, 6.07) is 7.59. The smallest absolute Gasteiger partial charge is 0.118 e. The summed E-state index contributed by atoms with van der Waals surface area (Å²) in [5.41, 5.74) is 0.492. The molecule has 1 saturated carbocycles. The lowest BCUT2D eigenvalue weighted by molar-refractivity contribution is -0.125. The van der Waals surface area contributed by atoms with Crippen molar-refractivity contribution in [3.63, 3.8) is 0 Å². The van der Waals surface area contributed by atoms with Crippen molar-refractivity contribution in [2.24, 2.45) is 0 Å². The van der Waals surface area contributed by atoms with Crippen LogP contribution in [0.5, 0.6) is 5.75 Å². The summed E-state index contributed by atoms with van der Waals surface area (Å²) in [5, 5.41) is 10.6. The summed E-state index contributed by atoms with van der Waals surface area (Å²) in [7, 11) is 3.35. The Morgan fingerprint density at radius 2 is 1.67 bits per heavy atom. The van der Waals surface area contributed by atoms with Crippen molar-refractivity contribution < 1.29 is 14.6 Å². The van der Waals surface area contributed by atoms with Crippen molar-refractivity contribution >= 4 is 0 Å². The Balaban J connectivity index is 2.19. The molecule has 2 rings (SSSR count). The first-order valence-electron chi connectivity index (χ1n) is 6.59. The van der Waals surface area contributed by atoms with Crippen molar-refractivity contribution in [1.29, 1.82) is 0 Å². The Labute approximate surface area is 109 Å². The Morgan fingerprint density at radius 1 is 1.06 bits per heavy atom. The maximum Gasteiger partial charge on any atom is 0.118 e. The zero-order valence-corrected chi connectivity index (χ0v) is 11.2. The van der Waals surface area contributed by atoms with E-state index in [-0.39, 0.29) is 0 Å². The van der Waals surface area contributed by atoms with Crippen LogP contribution < -0.4 is 4.74 Å². The largest absolute Gasteiger partial charge is 0.497 e. The van der Waals surface area contributed by atoms with Gasteiger partial charge in [-0.05, 0) is 30.5 Å². The van der Waals surface area contributed by atoms with Crippen molar-refractivity contribution in [3.8, 4) is 5.75 Å². The van der Waals surface area contributed by atoms with Gasteiger partial charge in [-0.25, -0.2) is 0 Å². The van der Waals surface area contributed by atoms with Crippen molar-refractivity contribution in [3.05, 3.63) is 29.8 Å². The lowest BCUT2D eigenvalue weighted by Crippen LogP contribution is -2.40. The number of aliphatic hydroxyl groups excluding tert-OH is 1. The monoisotopic (exact) mass is 250 g/mol. The molecular weight excluding hydrogens is 228 g/mol. The van der Waals surface area contributed by atoms with Crippen LogP contribution in [0.3, 0.4) is 0 Å². The summed E-state index contributed by atoms with van der Waals surface area (Å²) >= 11 is 0. The third-order valence-electron chi connectivity index (χ3n) is 4.04. The van der Waals surface area contributed by atoms with Gasteiger partial charge in [-0.15, -0.1) is 0 Å². The van der Waals surface area contributed by atoms with Crippen LogP contribution >= 0.6 is 0 Å². The van der Waals surface area contributed by atoms with Gasteiger partial charge in [-0.3, -0.25) is 0 Å². The van der Waals surface area contributed by atoms with E-state index in [2.05, 4.69) is 0 Å². The normalized spacial score (nSPS) is 20.4. The highest BCUT2D eigenvalue weighted by atomic mass is 16.5. The van der Waals surface area contributed by atoms with Gasteiger partial charge >= 0.3 is 0 Å². The summed E-state index contributed by atoms with van der Waals surface area (Å²) in [5.74, 6) is 0.807. The number of methoxy groups -OCH3 is 2. The fourth-order valence-electron chi connectivity index (χ4n) is 2.83. The molecule has 1 unspecified atom stereocenters. The van der Waals surface area contributed by atoms with Crippen molar-refractivity contribution in [2.45, 2.75) is 43.8 Å². The molecule has 0 bridgehead atoms. The van der Waals surface area contributed by atoms with E-state index < -0.39 is 11.7 Å². The highest BCUT2D eigenvalue weighted by Crippen LogP contribution is 2.41. The SMILES string of the molecule is COc1ccc(C(O)C2(OC)CCCCC2)cc1. The van der Waals surface area contributed by atoms with Gasteiger partial charge in [0.15, 0.2) is 0 Å². The summed E-state index contributed by atoms with van der Waals surface area (Å²) in [4.78, 5) is 0. The average molecular weight is 250 g/mol. The number of benzene rings is 1. The molecule has 1 atom stereocenters. The fourth-order valence-corrected chi connectivity index (χ4v) is 2.83. The first-order chi connectivity index (χ1) is 8.72. The second-order valence-corrected chi connectivity index (χ2v) is 5.01. The van der Waals surface area contributed by atoms with Crippen molar-refractivity contribution in [2.75, 3.05) is 14.2 Å². The van der Waals surface area contributed by atoms with Crippen LogP contribution in [0.4, 0.5) is 0 Å². The number of aliphatic hydroxyl groups is 1. The fraction of sp³-hybridized carbons (Fsp3) is 0.600. The second-order valence-electron chi connectivity index (χ2n) is 5.01. The van der Waals surface area contributed by atoms with E-state index >= 15 is 0 Å². The molecule has 0 saturated heterocycles. The summed E-state index contributed by atoms with van der Waals surface area (Å²) < 4.78 is 10.8. The standard InChI is InChI=1S/C15H22O3/c1-17-13-8-6-12(7-9-13)14(16)15(18-2)10-4-3-5-11-15/h6-9,14,16H,3-5,10-11H2,1-2H3. The Kier molecular flexibility index (Phi) is 4.25. The molecule has 1 aromatic rings. The molecular formula is C15H22O3. The van der Waals surface area contributed by atoms with Gasteiger partial charge < -0.3 is 14.6 Å². The molecule has 18 heavy (non-hydrogen) atoms. The molecule has 1 N–H and O–H groups in total. The predicted molar refractivity (Wildman–Crippen MR) is 70.8 cm³/mol. The number of rotatable bonds is 4. The van der Waals surface area contributed by atoms with Crippen molar-refractivity contribution in [1.82, 2.24) is 0 Å². The highest BCUT2D eigenvalue weighted by molar-refractivity contribution is 5.29. The van der Waals surface area contributed by atoms with Gasteiger partial charge in [0.25, 0.3) is 0 Å². The zero-order chi connectivity index (χ0) is 13.0. The highest BCUT2D eigenvalue weighted by Gasteiger charge is 2.39. The minimum atomic E-state index is -0.561. The Morgan fingerprint density at radius 3 is 2.17 bits per heavy atom. The van der Waals surface area contributed by atoms with E-state index in [0.717, 1.165) is 37.0 Å². The van der Waals surface area contributed by atoms with Crippen LogP contribution in [0, 0.1) is 0 Å². The van der Waals surface area contributed by atoms with E-state index in [1.807, 2.05) is 24.3 Å². The summed E-state index contributed by atoms with van der Waals surface area (Å²) in [6.45, 7) is 0. The van der Waals surface area contributed by atoms with Crippen LogP contribution in [0.15, 0.2) is 24.3 Å². The molecule has 1 aliphatic carbocycles. The Bertz CT molecular complexity index is 366. The molecule has 1 fully saturated rings. The first-order valence-corrected chi connectivity index (χ1v) is 6.59. The van der Waals surface area contributed by atoms with Crippen LogP contribution in [-0.4, -0.2) is 24.9 Å². The predicted octanol–water partition coefficient (Wildman–Crippen LogP) is 3.08. The van der Waals surface area contributed by atoms with Gasteiger partial charge in [0.05, 0.1) is 12.7 Å². The number of hydrogen-bond acceptors (Lipinski definition) is 3. The molecule has 1 aliphatic rings. The maximum absolute atomic E-state index is 10.6. The molecule has 0 heterocycles. The van der Waals surface area contributed by atoms with Crippen LogP contribution in [0.25, 0.3) is 0 Å². The molecule has 1 aromatic carbocycles. The molecule has 100 valence electrons. The van der Waals surface area contributed by atoms with E-state index in [0.29, 0.717) is 0 Å². The van der Waals surface area contributed by atoms with Gasteiger partial charge in [0, 0.05) is 7.11 Å². The molecule has 3 heteroatoms. The molecule has 3 nitrogen and oxygen atoms in total. The lowest BCUT2D eigenvalue weighted by atomic mass is 9.78. The lowest BCUT2D eigenvalue weighted by Gasteiger charge is -2.40. The third-order valence-corrected chi connectivity index (χ3v) is 4.04. The van der Waals surface area contributed by atoms with Crippen LogP contribution in [0.2, 0.25) is 0 Å². The molecule has 0 radical (unpaired) electrons. The first kappa shape index (κ1) is 13.4. The minimum Gasteiger partial charge on any atom is -0.497 e. The van der Waals surface area contributed by atoms with Crippen LogP contribution in [-0.2, 0) is 4.74 Å². The molecule has 0 amide bonds. The third kappa shape index (κ3) is 2.52. The molecule has 0 aromatic heterocycles. The zero-order valence-electron chi connectivity index (χ0n) is 11.2. The Hall–Kier alpha value is -1.06. The molecule has 0 spiro atoms. The molecule has 0 aliphatic heterocycles. The quantitative estimate of drug-likeness (QED) is 0.892. The average Bonchev–Trinajstić information content (AvgIpc) is 2.47. The minimum absolute atomic E-state index is 0.410. The van der Waals surface area contributed by atoms with Crippen LogP contribution in [0.1, 0.15) is 43.8 Å². The van der Waals surface area contributed by atoms with Gasteiger partial charge in [0.1, 0.15) is 11.9 Å². The number of hydrogen-bond donors (Lipinski definition) is 1. The van der Waals surface area contributed by atoms with Gasteiger partial charge in [-0.2, -0.15) is 0 Å². The van der Waals surface area contributed by atoms with Gasteiger partial charge in [-0.1, -0.05) is 31.4 Å². The van der Waals surface area contributed by atoms with E-state index in [1.165, 1.54) is 6.42 Å². The second kappa shape index (κ2) is 5.72. The van der Waals surface area contributed by atoms with E-state index in [4.69, 9.17) is 9.47 Å². The van der Waals surface area contributed by atoms with Gasteiger partial charge in [0.2, 0.25) is 0 Å². The summed E-state index contributed by atoms with van der Waals surface area (Å²) in [6.07, 6.45) is 4.78. The number of ether oxygens (including phenoxy) is 2. The van der Waals surface area contributed by atoms with E-state index in [1.54, 1.807) is 14.2 Å². The maximum atomic E-state index is 10.6. The topological polar surface area (TPSA) is 38.7 Å².